The van der Waals surface area contributed by atoms with Gasteiger partial charge in [-0.2, -0.15) is 0 Å². The van der Waals surface area contributed by atoms with Crippen LogP contribution in [0.15, 0.2) is 17.5 Å². The fraction of sp³-hybridized carbons (Fsp3) is 0.684. The van der Waals surface area contributed by atoms with E-state index in [1.54, 1.807) is 11.3 Å². The van der Waals surface area contributed by atoms with Gasteiger partial charge in [-0.3, -0.25) is 9.69 Å². The summed E-state index contributed by atoms with van der Waals surface area (Å²) < 4.78 is 0. The summed E-state index contributed by atoms with van der Waals surface area (Å²) in [6.45, 7) is 3.15. The molecule has 3 rings (SSSR count). The number of rotatable bonds is 8. The molecule has 1 aromatic rings. The Morgan fingerprint density at radius 1 is 1.15 bits per heavy atom. The maximum Gasteiger partial charge on any atom is 0.314 e. The second kappa shape index (κ2) is 9.92. The molecular weight excluding hydrogens is 348 g/mol. The van der Waals surface area contributed by atoms with Crippen LogP contribution in [0, 0.1) is 0 Å². The van der Waals surface area contributed by atoms with E-state index in [4.69, 9.17) is 0 Å². The van der Waals surface area contributed by atoms with Gasteiger partial charge in [0.25, 0.3) is 0 Å². The predicted octanol–water partition coefficient (Wildman–Crippen LogP) is 2.63. The average Bonchev–Trinajstić information content (AvgIpc) is 3.39. The molecule has 3 N–H and O–H groups in total. The Morgan fingerprint density at radius 2 is 1.92 bits per heavy atom. The monoisotopic (exact) mass is 378 g/mol. The van der Waals surface area contributed by atoms with E-state index in [9.17, 15) is 9.59 Å². The van der Waals surface area contributed by atoms with E-state index in [-0.39, 0.29) is 18.0 Å². The van der Waals surface area contributed by atoms with Crippen LogP contribution in [0.1, 0.15) is 55.9 Å². The molecule has 0 aromatic carbocycles. The number of hydrogen-bond acceptors (Lipinski definition) is 4. The molecule has 7 heteroatoms. The molecule has 0 bridgehead atoms. The topological polar surface area (TPSA) is 73.5 Å². The first-order chi connectivity index (χ1) is 12.7. The van der Waals surface area contributed by atoms with Crippen LogP contribution >= 0.6 is 11.3 Å². The van der Waals surface area contributed by atoms with E-state index in [1.807, 2.05) is 0 Å². The third-order valence-corrected chi connectivity index (χ3v) is 6.24. The summed E-state index contributed by atoms with van der Waals surface area (Å²) in [6.07, 6.45) is 7.36. The number of carbonyl (C=O) groups is 2. The molecule has 26 heavy (non-hydrogen) atoms. The number of likely N-dealkylation sites (tertiary alicyclic amines) is 1. The highest BCUT2D eigenvalue weighted by Crippen LogP contribution is 2.27. The van der Waals surface area contributed by atoms with Gasteiger partial charge >= 0.3 is 6.03 Å². The van der Waals surface area contributed by atoms with E-state index in [1.165, 1.54) is 30.6 Å². The Morgan fingerprint density at radius 3 is 2.62 bits per heavy atom. The molecule has 1 aliphatic carbocycles. The zero-order valence-corrected chi connectivity index (χ0v) is 16.2. The minimum Gasteiger partial charge on any atom is -0.353 e. The van der Waals surface area contributed by atoms with Crippen LogP contribution in [0.5, 0.6) is 0 Å². The Hall–Kier alpha value is -1.60. The van der Waals surface area contributed by atoms with Gasteiger partial charge in [-0.05, 0) is 50.2 Å². The molecule has 1 aliphatic heterocycles. The van der Waals surface area contributed by atoms with Crippen molar-refractivity contribution >= 4 is 23.3 Å². The van der Waals surface area contributed by atoms with Crippen molar-refractivity contribution in [2.24, 2.45) is 0 Å². The van der Waals surface area contributed by atoms with E-state index in [0.717, 1.165) is 25.9 Å². The largest absolute Gasteiger partial charge is 0.353 e. The fourth-order valence-electron chi connectivity index (χ4n) is 3.86. The maximum atomic E-state index is 12.1. The van der Waals surface area contributed by atoms with Gasteiger partial charge in [0.1, 0.15) is 0 Å². The molecule has 1 atom stereocenters. The fourth-order valence-corrected chi connectivity index (χ4v) is 4.72. The highest BCUT2D eigenvalue weighted by Gasteiger charge is 2.24. The summed E-state index contributed by atoms with van der Waals surface area (Å²) in [6, 6.07) is 4.59. The van der Waals surface area contributed by atoms with Crippen molar-refractivity contribution < 1.29 is 9.59 Å². The molecule has 1 unspecified atom stereocenters. The first kappa shape index (κ1) is 19.2. The van der Waals surface area contributed by atoms with Crippen LogP contribution in [0.25, 0.3) is 0 Å². The number of urea groups is 1. The summed E-state index contributed by atoms with van der Waals surface area (Å²) in [5.41, 5.74) is 0. The van der Waals surface area contributed by atoms with Gasteiger partial charge in [0.05, 0.1) is 6.04 Å². The lowest BCUT2D eigenvalue weighted by molar-refractivity contribution is -0.121. The molecule has 0 spiro atoms. The molecule has 144 valence electrons. The van der Waals surface area contributed by atoms with Gasteiger partial charge in [-0.15, -0.1) is 11.3 Å². The Kier molecular flexibility index (Phi) is 7.32. The number of nitrogens with zero attached hydrogens (tertiary/aromatic N) is 1. The van der Waals surface area contributed by atoms with Crippen LogP contribution in [-0.4, -0.2) is 49.1 Å². The number of hydrogen-bond donors (Lipinski definition) is 3. The van der Waals surface area contributed by atoms with Crippen LogP contribution in [0.4, 0.5) is 4.79 Å². The van der Waals surface area contributed by atoms with Crippen molar-refractivity contribution in [3.05, 3.63) is 22.4 Å². The van der Waals surface area contributed by atoms with Crippen molar-refractivity contribution in [2.75, 3.05) is 26.2 Å². The van der Waals surface area contributed by atoms with Crippen LogP contribution in [-0.2, 0) is 4.79 Å². The maximum absolute atomic E-state index is 12.1. The van der Waals surface area contributed by atoms with E-state index in [2.05, 4.69) is 38.4 Å². The van der Waals surface area contributed by atoms with Gasteiger partial charge in [0, 0.05) is 30.4 Å². The number of carbonyl (C=O) groups excluding carboxylic acids is 2. The van der Waals surface area contributed by atoms with Gasteiger partial charge < -0.3 is 16.0 Å². The third-order valence-electron chi connectivity index (χ3n) is 5.27. The zero-order chi connectivity index (χ0) is 18.2. The molecule has 1 saturated heterocycles. The SMILES string of the molecule is O=C(CCNC(=O)NCC(c1cccs1)N1CCCC1)NC1CCCC1. The molecule has 2 heterocycles. The molecule has 0 radical (unpaired) electrons. The Labute approximate surface area is 159 Å². The molecule has 2 aliphatic rings. The Bertz CT molecular complexity index is 566. The molecule has 1 saturated carbocycles. The molecular formula is C19H30N4O2S. The van der Waals surface area contributed by atoms with Crippen molar-refractivity contribution in [1.82, 2.24) is 20.9 Å². The number of thiophene rings is 1. The number of nitrogens with one attached hydrogen (secondary N) is 3. The van der Waals surface area contributed by atoms with Crippen LogP contribution < -0.4 is 16.0 Å². The van der Waals surface area contributed by atoms with Gasteiger partial charge in [-0.25, -0.2) is 4.79 Å². The van der Waals surface area contributed by atoms with Gasteiger partial charge in [0.2, 0.25) is 5.91 Å². The normalized spacial score (nSPS) is 19.4. The minimum atomic E-state index is -0.195. The van der Waals surface area contributed by atoms with Crippen molar-refractivity contribution in [3.8, 4) is 0 Å². The molecule has 2 fully saturated rings. The highest BCUT2D eigenvalue weighted by atomic mass is 32.1. The first-order valence-electron chi connectivity index (χ1n) is 9.81. The minimum absolute atomic E-state index is 0.0331. The lowest BCUT2D eigenvalue weighted by atomic mass is 10.2. The van der Waals surface area contributed by atoms with Crippen molar-refractivity contribution in [3.63, 3.8) is 0 Å². The van der Waals surface area contributed by atoms with E-state index < -0.39 is 0 Å². The van der Waals surface area contributed by atoms with Crippen LogP contribution in [0.2, 0.25) is 0 Å². The summed E-state index contributed by atoms with van der Waals surface area (Å²) >= 11 is 1.74. The first-order valence-corrected chi connectivity index (χ1v) is 10.7. The molecule has 6 nitrogen and oxygen atoms in total. The van der Waals surface area contributed by atoms with E-state index in [0.29, 0.717) is 25.6 Å². The van der Waals surface area contributed by atoms with Crippen molar-refractivity contribution in [2.45, 2.75) is 57.0 Å². The standard InChI is InChI=1S/C19H30N4O2S/c24-18(22-15-6-1-2-7-15)9-10-20-19(25)21-14-16(17-8-5-13-26-17)23-11-3-4-12-23/h5,8,13,15-16H,1-4,6-7,9-12,14H2,(H,22,24)(H2,20,21,25). The molecule has 3 amide bonds. The summed E-state index contributed by atoms with van der Waals surface area (Å²) in [7, 11) is 0. The predicted molar refractivity (Wildman–Crippen MR) is 104 cm³/mol. The second-order valence-corrected chi connectivity index (χ2v) is 8.19. The number of amides is 3. The van der Waals surface area contributed by atoms with Gasteiger partial charge in [0.15, 0.2) is 0 Å². The summed E-state index contributed by atoms with van der Waals surface area (Å²) in [5.74, 6) is 0.0331. The van der Waals surface area contributed by atoms with Crippen molar-refractivity contribution in [1.29, 1.82) is 0 Å². The smallest absolute Gasteiger partial charge is 0.314 e. The van der Waals surface area contributed by atoms with Crippen LogP contribution in [0.3, 0.4) is 0 Å². The second-order valence-electron chi connectivity index (χ2n) is 7.21. The zero-order valence-electron chi connectivity index (χ0n) is 15.3. The summed E-state index contributed by atoms with van der Waals surface area (Å²) in [5, 5.41) is 10.9. The Balaban J connectivity index is 1.36. The third kappa shape index (κ3) is 5.71. The molecule has 1 aromatic heterocycles. The lowest BCUT2D eigenvalue weighted by Gasteiger charge is -2.26. The quantitative estimate of drug-likeness (QED) is 0.651. The summed E-state index contributed by atoms with van der Waals surface area (Å²) in [4.78, 5) is 27.7. The lowest BCUT2D eigenvalue weighted by Crippen LogP contribution is -2.42. The highest BCUT2D eigenvalue weighted by molar-refractivity contribution is 7.10. The average molecular weight is 379 g/mol. The van der Waals surface area contributed by atoms with E-state index >= 15 is 0 Å². The van der Waals surface area contributed by atoms with Gasteiger partial charge in [-0.1, -0.05) is 18.9 Å².